The van der Waals surface area contributed by atoms with E-state index in [-0.39, 0.29) is 17.7 Å². The molecule has 7 heteroatoms. The number of rotatable bonds is 3. The van der Waals surface area contributed by atoms with E-state index < -0.39 is 17.8 Å². The number of carbonyl (C=O) groups is 2. The lowest BCUT2D eigenvalue weighted by atomic mass is 9.82. The summed E-state index contributed by atoms with van der Waals surface area (Å²) in [6, 6.07) is 0. The molecule has 1 saturated carbocycles. The Labute approximate surface area is 113 Å². The third-order valence-corrected chi connectivity index (χ3v) is 4.56. The molecule has 2 aliphatic rings. The van der Waals surface area contributed by atoms with Crippen LogP contribution >= 0.6 is 11.3 Å². The molecule has 1 fully saturated rings. The first-order valence-corrected chi connectivity index (χ1v) is 6.90. The number of amides is 1. The van der Waals surface area contributed by atoms with E-state index in [0.29, 0.717) is 5.13 Å². The number of aromatic nitrogens is 2. The average Bonchev–Trinajstić information content (AvgIpc) is 3.03. The highest BCUT2D eigenvalue weighted by atomic mass is 32.1. The van der Waals surface area contributed by atoms with Crippen molar-refractivity contribution in [3.63, 3.8) is 0 Å². The maximum atomic E-state index is 12.3. The van der Waals surface area contributed by atoms with Crippen LogP contribution in [0.1, 0.15) is 11.4 Å². The number of allylic oxidation sites excluding steroid dienone is 2. The second-order valence-corrected chi connectivity index (χ2v) is 6.14. The van der Waals surface area contributed by atoms with Gasteiger partial charge in [-0.15, -0.1) is 10.2 Å². The van der Waals surface area contributed by atoms with Gasteiger partial charge in [0.1, 0.15) is 5.01 Å². The van der Waals surface area contributed by atoms with Gasteiger partial charge in [0.05, 0.1) is 11.8 Å². The van der Waals surface area contributed by atoms with Crippen molar-refractivity contribution in [2.75, 3.05) is 5.32 Å². The normalized spacial score (nSPS) is 31.6. The predicted octanol–water partition coefficient (Wildman–Crippen LogP) is 1.31. The zero-order valence-corrected chi connectivity index (χ0v) is 11.1. The number of anilines is 1. The third-order valence-electron chi connectivity index (χ3n) is 3.80. The van der Waals surface area contributed by atoms with Crippen LogP contribution in [0.2, 0.25) is 0 Å². The van der Waals surface area contributed by atoms with Crippen molar-refractivity contribution in [3.05, 3.63) is 17.2 Å². The molecule has 0 aromatic carbocycles. The minimum absolute atomic E-state index is 0.0191. The number of aryl methyl sites for hydroxylation is 1. The van der Waals surface area contributed by atoms with E-state index in [1.165, 1.54) is 11.3 Å². The van der Waals surface area contributed by atoms with Gasteiger partial charge in [-0.2, -0.15) is 0 Å². The van der Waals surface area contributed by atoms with Gasteiger partial charge in [0, 0.05) is 0 Å². The van der Waals surface area contributed by atoms with Crippen molar-refractivity contribution in [1.82, 2.24) is 10.2 Å². The fraction of sp³-hybridized carbons (Fsp3) is 0.500. The molecule has 0 unspecified atom stereocenters. The third kappa shape index (κ3) is 2.03. The Morgan fingerprint density at radius 3 is 2.58 bits per heavy atom. The summed E-state index contributed by atoms with van der Waals surface area (Å²) in [5.41, 5.74) is 0. The maximum absolute atomic E-state index is 12.3. The molecule has 6 nitrogen and oxygen atoms in total. The molecule has 2 aliphatic carbocycles. The molecule has 4 atom stereocenters. The summed E-state index contributed by atoms with van der Waals surface area (Å²) in [5.74, 6) is -2.28. The summed E-state index contributed by atoms with van der Waals surface area (Å²) >= 11 is 1.28. The molecule has 1 heterocycles. The standard InChI is InChI=1S/C12H13N3O3S/c1-5-14-15-12(19-5)13-10(16)8-6-2-3-7(4-6)9(8)11(17)18/h2-3,6-9H,4H2,1H3,(H,17,18)(H,13,15,16)/t6-,7-,8-,9+/m0/s1. The fourth-order valence-electron chi connectivity index (χ4n) is 3.05. The Balaban J connectivity index is 1.79. The van der Waals surface area contributed by atoms with Gasteiger partial charge in [0.2, 0.25) is 11.0 Å². The molecule has 0 radical (unpaired) electrons. The van der Waals surface area contributed by atoms with Crippen molar-refractivity contribution in [2.45, 2.75) is 13.3 Å². The molecule has 1 aromatic heterocycles. The predicted molar refractivity (Wildman–Crippen MR) is 68.6 cm³/mol. The Kier molecular flexibility index (Phi) is 2.85. The smallest absolute Gasteiger partial charge is 0.307 e. The van der Waals surface area contributed by atoms with Crippen molar-refractivity contribution in [3.8, 4) is 0 Å². The van der Waals surface area contributed by atoms with E-state index >= 15 is 0 Å². The van der Waals surface area contributed by atoms with Gasteiger partial charge in [0.15, 0.2) is 0 Å². The quantitative estimate of drug-likeness (QED) is 0.814. The maximum Gasteiger partial charge on any atom is 0.307 e. The number of hydrogen-bond donors (Lipinski definition) is 2. The van der Waals surface area contributed by atoms with Crippen LogP contribution in [0.4, 0.5) is 5.13 Å². The van der Waals surface area contributed by atoms with Gasteiger partial charge in [-0.25, -0.2) is 0 Å². The number of nitrogens with zero attached hydrogens (tertiary/aromatic N) is 2. The van der Waals surface area contributed by atoms with Gasteiger partial charge in [-0.1, -0.05) is 23.5 Å². The minimum atomic E-state index is -0.898. The number of carboxylic acid groups (broad SMARTS) is 1. The van der Waals surface area contributed by atoms with E-state index in [1.807, 2.05) is 12.2 Å². The summed E-state index contributed by atoms with van der Waals surface area (Å²) < 4.78 is 0. The largest absolute Gasteiger partial charge is 0.481 e. The molecule has 100 valence electrons. The lowest BCUT2D eigenvalue weighted by Crippen LogP contribution is -2.36. The Bertz CT molecular complexity index is 568. The number of nitrogens with one attached hydrogen (secondary N) is 1. The number of aliphatic carboxylic acids is 1. The zero-order valence-electron chi connectivity index (χ0n) is 10.2. The minimum Gasteiger partial charge on any atom is -0.481 e. The first-order chi connectivity index (χ1) is 9.06. The lowest BCUT2D eigenvalue weighted by Gasteiger charge is -2.23. The molecule has 2 bridgehead atoms. The number of fused-ring (bicyclic) bond motifs is 2. The summed E-state index contributed by atoms with van der Waals surface area (Å²) in [7, 11) is 0. The first-order valence-electron chi connectivity index (χ1n) is 6.08. The van der Waals surface area contributed by atoms with Crippen LogP contribution in [0, 0.1) is 30.6 Å². The van der Waals surface area contributed by atoms with Gasteiger partial charge in [0.25, 0.3) is 0 Å². The van der Waals surface area contributed by atoms with Crippen molar-refractivity contribution >= 4 is 28.3 Å². The number of hydrogen-bond acceptors (Lipinski definition) is 5. The number of carbonyl (C=O) groups excluding carboxylic acids is 1. The fourth-order valence-corrected chi connectivity index (χ4v) is 3.65. The molecular weight excluding hydrogens is 266 g/mol. The van der Waals surface area contributed by atoms with Crippen molar-refractivity contribution in [1.29, 1.82) is 0 Å². The summed E-state index contributed by atoms with van der Waals surface area (Å²) in [4.78, 5) is 23.6. The molecular formula is C12H13N3O3S. The summed E-state index contributed by atoms with van der Waals surface area (Å²) in [6.07, 6.45) is 4.63. The molecule has 1 amide bonds. The molecule has 2 N–H and O–H groups in total. The first kappa shape index (κ1) is 12.3. The molecule has 0 saturated heterocycles. The molecule has 0 aliphatic heterocycles. The van der Waals surface area contributed by atoms with Gasteiger partial charge < -0.3 is 10.4 Å². The van der Waals surface area contributed by atoms with E-state index in [9.17, 15) is 14.7 Å². The van der Waals surface area contributed by atoms with Gasteiger partial charge in [-0.3, -0.25) is 9.59 Å². The molecule has 3 rings (SSSR count). The second kappa shape index (κ2) is 4.41. The van der Waals surface area contributed by atoms with Crippen LogP contribution in [0.3, 0.4) is 0 Å². The number of carboxylic acids is 1. The SMILES string of the molecule is Cc1nnc(NC(=O)[C@@H]2[C@H](C(=O)O)[C@H]3C=C[C@H]2C3)s1. The van der Waals surface area contributed by atoms with Gasteiger partial charge in [-0.05, 0) is 25.2 Å². The highest BCUT2D eigenvalue weighted by Gasteiger charge is 2.51. The summed E-state index contributed by atoms with van der Waals surface area (Å²) in [6.45, 7) is 1.80. The Morgan fingerprint density at radius 2 is 2.00 bits per heavy atom. The van der Waals surface area contributed by atoms with Crippen molar-refractivity contribution in [2.24, 2.45) is 23.7 Å². The lowest BCUT2D eigenvalue weighted by molar-refractivity contribution is -0.146. The van der Waals surface area contributed by atoms with E-state index in [1.54, 1.807) is 6.92 Å². The van der Waals surface area contributed by atoms with Crippen LogP contribution in [-0.4, -0.2) is 27.2 Å². The average molecular weight is 279 g/mol. The Morgan fingerprint density at radius 1 is 1.32 bits per heavy atom. The van der Waals surface area contributed by atoms with Crippen molar-refractivity contribution < 1.29 is 14.7 Å². The molecule has 0 spiro atoms. The molecule has 19 heavy (non-hydrogen) atoms. The van der Waals surface area contributed by atoms with Crippen LogP contribution in [-0.2, 0) is 9.59 Å². The van der Waals surface area contributed by atoms with Crippen LogP contribution in [0.25, 0.3) is 0 Å². The summed E-state index contributed by atoms with van der Waals surface area (Å²) in [5, 5.41) is 20.8. The van der Waals surface area contributed by atoms with E-state index in [4.69, 9.17) is 0 Å². The highest BCUT2D eigenvalue weighted by Crippen LogP contribution is 2.48. The second-order valence-electron chi connectivity index (χ2n) is 4.95. The van der Waals surface area contributed by atoms with Gasteiger partial charge >= 0.3 is 5.97 Å². The topological polar surface area (TPSA) is 92.2 Å². The van der Waals surface area contributed by atoms with E-state index in [2.05, 4.69) is 15.5 Å². The Hall–Kier alpha value is -1.76. The van der Waals surface area contributed by atoms with Crippen LogP contribution < -0.4 is 5.32 Å². The van der Waals surface area contributed by atoms with Crippen LogP contribution in [0.5, 0.6) is 0 Å². The zero-order chi connectivity index (χ0) is 13.6. The van der Waals surface area contributed by atoms with Crippen LogP contribution in [0.15, 0.2) is 12.2 Å². The molecule has 1 aromatic rings. The highest BCUT2D eigenvalue weighted by molar-refractivity contribution is 7.15. The monoisotopic (exact) mass is 279 g/mol. The van der Waals surface area contributed by atoms with E-state index in [0.717, 1.165) is 11.4 Å².